The Morgan fingerprint density at radius 3 is 2.62 bits per heavy atom. The van der Waals surface area contributed by atoms with Crippen molar-refractivity contribution in [2.75, 3.05) is 31.2 Å². The molecule has 2 rings (SSSR count). The van der Waals surface area contributed by atoms with E-state index < -0.39 is 5.97 Å². The SMILES string of the molecule is Cc1nn(C)c(N2CCOCC2)c1C(=O)O. The fourth-order valence-corrected chi connectivity index (χ4v) is 2.03. The maximum atomic E-state index is 11.2. The number of carbonyl (C=O) groups is 1. The zero-order valence-electron chi connectivity index (χ0n) is 9.43. The predicted octanol–water partition coefficient (Wildman–Crippen LogP) is 0.263. The van der Waals surface area contributed by atoms with Crippen LogP contribution >= 0.6 is 0 Å². The highest BCUT2D eigenvalue weighted by atomic mass is 16.5. The highest BCUT2D eigenvalue weighted by molar-refractivity contribution is 5.94. The molecule has 1 saturated heterocycles. The summed E-state index contributed by atoms with van der Waals surface area (Å²) < 4.78 is 6.88. The summed E-state index contributed by atoms with van der Waals surface area (Å²) in [5.41, 5.74) is 0.848. The molecule has 0 atom stereocenters. The molecule has 0 radical (unpaired) electrons. The minimum Gasteiger partial charge on any atom is -0.477 e. The van der Waals surface area contributed by atoms with Crippen molar-refractivity contribution >= 4 is 11.8 Å². The van der Waals surface area contributed by atoms with Crippen molar-refractivity contribution < 1.29 is 14.6 Å². The first kappa shape index (κ1) is 10.9. The smallest absolute Gasteiger partial charge is 0.341 e. The van der Waals surface area contributed by atoms with Gasteiger partial charge in [-0.05, 0) is 6.92 Å². The highest BCUT2D eigenvalue weighted by Crippen LogP contribution is 2.23. The lowest BCUT2D eigenvalue weighted by Crippen LogP contribution is -2.38. The number of hydrogen-bond donors (Lipinski definition) is 1. The lowest BCUT2D eigenvalue weighted by molar-refractivity contribution is 0.0695. The number of carboxylic acid groups (broad SMARTS) is 1. The molecular weight excluding hydrogens is 210 g/mol. The number of rotatable bonds is 2. The molecule has 0 aliphatic carbocycles. The maximum Gasteiger partial charge on any atom is 0.341 e. The van der Waals surface area contributed by atoms with Crippen LogP contribution in [-0.4, -0.2) is 47.2 Å². The van der Waals surface area contributed by atoms with Gasteiger partial charge in [0.15, 0.2) is 0 Å². The molecule has 2 heterocycles. The first-order chi connectivity index (χ1) is 7.61. The molecular formula is C10H15N3O3. The molecule has 0 aromatic carbocycles. The standard InChI is InChI=1S/C10H15N3O3/c1-7-8(10(14)15)9(12(2)11-7)13-3-5-16-6-4-13/h3-6H2,1-2H3,(H,14,15). The van der Waals surface area contributed by atoms with Crippen LogP contribution in [0.3, 0.4) is 0 Å². The molecule has 1 aromatic rings. The predicted molar refractivity (Wildman–Crippen MR) is 57.9 cm³/mol. The number of morpholine rings is 1. The van der Waals surface area contributed by atoms with Crippen LogP contribution in [0.5, 0.6) is 0 Å². The summed E-state index contributed by atoms with van der Waals surface area (Å²) in [5, 5.41) is 13.3. The second-order valence-corrected chi connectivity index (χ2v) is 3.81. The van der Waals surface area contributed by atoms with Gasteiger partial charge in [0.2, 0.25) is 0 Å². The van der Waals surface area contributed by atoms with Crippen LogP contribution in [0.15, 0.2) is 0 Å². The van der Waals surface area contributed by atoms with Gasteiger partial charge in [-0.25, -0.2) is 4.79 Å². The summed E-state index contributed by atoms with van der Waals surface area (Å²) in [6, 6.07) is 0. The van der Waals surface area contributed by atoms with Gasteiger partial charge < -0.3 is 14.7 Å². The van der Waals surface area contributed by atoms with E-state index in [4.69, 9.17) is 4.74 Å². The number of nitrogens with zero attached hydrogens (tertiary/aromatic N) is 3. The summed E-state index contributed by atoms with van der Waals surface area (Å²) in [4.78, 5) is 13.2. The average Bonchev–Trinajstić information content (AvgIpc) is 2.55. The Morgan fingerprint density at radius 1 is 1.44 bits per heavy atom. The molecule has 1 aliphatic rings. The molecule has 1 aliphatic heterocycles. The molecule has 6 nitrogen and oxygen atoms in total. The van der Waals surface area contributed by atoms with Gasteiger partial charge in [0, 0.05) is 20.1 Å². The van der Waals surface area contributed by atoms with Gasteiger partial charge in [-0.2, -0.15) is 5.10 Å². The number of ether oxygens (including phenoxy) is 1. The number of carboxylic acids is 1. The number of aryl methyl sites for hydroxylation is 2. The highest BCUT2D eigenvalue weighted by Gasteiger charge is 2.25. The van der Waals surface area contributed by atoms with E-state index in [2.05, 4.69) is 5.10 Å². The van der Waals surface area contributed by atoms with Crippen LogP contribution in [0.4, 0.5) is 5.82 Å². The molecule has 0 spiro atoms. The maximum absolute atomic E-state index is 11.2. The fraction of sp³-hybridized carbons (Fsp3) is 0.600. The van der Waals surface area contributed by atoms with E-state index in [-0.39, 0.29) is 0 Å². The van der Waals surface area contributed by atoms with E-state index in [0.717, 1.165) is 0 Å². The molecule has 1 fully saturated rings. The Morgan fingerprint density at radius 2 is 2.06 bits per heavy atom. The first-order valence-corrected chi connectivity index (χ1v) is 5.21. The summed E-state index contributed by atoms with van der Waals surface area (Å²) in [5.74, 6) is -0.250. The van der Waals surface area contributed by atoms with Gasteiger partial charge in [-0.15, -0.1) is 0 Å². The van der Waals surface area contributed by atoms with Gasteiger partial charge >= 0.3 is 5.97 Å². The molecule has 0 amide bonds. The summed E-state index contributed by atoms with van der Waals surface area (Å²) >= 11 is 0. The first-order valence-electron chi connectivity index (χ1n) is 5.21. The van der Waals surface area contributed by atoms with Crippen molar-refractivity contribution in [2.24, 2.45) is 7.05 Å². The molecule has 0 unspecified atom stereocenters. The van der Waals surface area contributed by atoms with Gasteiger partial charge in [-0.1, -0.05) is 0 Å². The van der Waals surface area contributed by atoms with Crippen LogP contribution in [0.1, 0.15) is 16.1 Å². The molecule has 0 bridgehead atoms. The third-order valence-electron chi connectivity index (χ3n) is 2.72. The van der Waals surface area contributed by atoms with Gasteiger partial charge in [0.1, 0.15) is 11.4 Å². The van der Waals surface area contributed by atoms with E-state index in [0.29, 0.717) is 43.4 Å². The van der Waals surface area contributed by atoms with Crippen molar-refractivity contribution in [1.29, 1.82) is 0 Å². The van der Waals surface area contributed by atoms with Gasteiger partial charge in [0.05, 0.1) is 18.9 Å². The van der Waals surface area contributed by atoms with E-state index in [1.54, 1.807) is 18.7 Å². The minimum atomic E-state index is -0.924. The third kappa shape index (κ3) is 1.76. The van der Waals surface area contributed by atoms with E-state index in [1.165, 1.54) is 0 Å². The van der Waals surface area contributed by atoms with Crippen LogP contribution in [0.2, 0.25) is 0 Å². The number of anilines is 1. The average molecular weight is 225 g/mol. The van der Waals surface area contributed by atoms with Gasteiger partial charge in [-0.3, -0.25) is 4.68 Å². The second-order valence-electron chi connectivity index (χ2n) is 3.81. The number of aromatic nitrogens is 2. The van der Waals surface area contributed by atoms with E-state index >= 15 is 0 Å². The normalized spacial score (nSPS) is 16.5. The summed E-state index contributed by atoms with van der Waals surface area (Å²) in [6.45, 7) is 4.39. The quantitative estimate of drug-likeness (QED) is 0.782. The monoisotopic (exact) mass is 225 g/mol. The van der Waals surface area contributed by atoms with Crippen LogP contribution in [-0.2, 0) is 11.8 Å². The van der Waals surface area contributed by atoms with Crippen molar-refractivity contribution in [1.82, 2.24) is 9.78 Å². The Kier molecular flexibility index (Phi) is 2.82. The van der Waals surface area contributed by atoms with E-state index in [9.17, 15) is 9.90 Å². The summed E-state index contributed by atoms with van der Waals surface area (Å²) in [7, 11) is 1.77. The molecule has 88 valence electrons. The number of hydrogen-bond acceptors (Lipinski definition) is 4. The molecule has 1 aromatic heterocycles. The van der Waals surface area contributed by atoms with Crippen molar-refractivity contribution in [2.45, 2.75) is 6.92 Å². The minimum absolute atomic E-state index is 0.296. The van der Waals surface area contributed by atoms with Crippen molar-refractivity contribution in [3.63, 3.8) is 0 Å². The third-order valence-corrected chi connectivity index (χ3v) is 2.72. The van der Waals surface area contributed by atoms with Crippen molar-refractivity contribution in [3.05, 3.63) is 11.3 Å². The Hall–Kier alpha value is -1.56. The fourth-order valence-electron chi connectivity index (χ4n) is 2.03. The van der Waals surface area contributed by atoms with Crippen molar-refractivity contribution in [3.8, 4) is 0 Å². The lowest BCUT2D eigenvalue weighted by atomic mass is 10.2. The lowest BCUT2D eigenvalue weighted by Gasteiger charge is -2.28. The molecule has 1 N–H and O–H groups in total. The zero-order chi connectivity index (χ0) is 11.7. The van der Waals surface area contributed by atoms with Crippen LogP contribution in [0, 0.1) is 6.92 Å². The zero-order valence-corrected chi connectivity index (χ0v) is 9.43. The Balaban J connectivity index is 2.41. The van der Waals surface area contributed by atoms with Crippen LogP contribution in [0.25, 0.3) is 0 Å². The Bertz CT molecular complexity index is 408. The molecule has 6 heteroatoms. The Labute approximate surface area is 93.4 Å². The number of aromatic carboxylic acids is 1. The second kappa shape index (κ2) is 4.13. The summed E-state index contributed by atoms with van der Waals surface area (Å²) in [6.07, 6.45) is 0. The van der Waals surface area contributed by atoms with Crippen LogP contribution < -0.4 is 4.90 Å². The van der Waals surface area contributed by atoms with E-state index in [1.807, 2.05) is 4.90 Å². The molecule has 0 saturated carbocycles. The molecule has 16 heavy (non-hydrogen) atoms. The topological polar surface area (TPSA) is 67.6 Å². The van der Waals surface area contributed by atoms with Gasteiger partial charge in [0.25, 0.3) is 0 Å². The largest absolute Gasteiger partial charge is 0.477 e.